The third kappa shape index (κ3) is 6.57. The van der Waals surface area contributed by atoms with Gasteiger partial charge in [0.1, 0.15) is 0 Å². The van der Waals surface area contributed by atoms with E-state index in [2.05, 4.69) is 292 Å². The van der Waals surface area contributed by atoms with E-state index < -0.39 is 5.41 Å². The van der Waals surface area contributed by atoms with Gasteiger partial charge in [-0.05, 0) is 152 Å². The van der Waals surface area contributed by atoms with Crippen LogP contribution in [0.5, 0.6) is 0 Å². The van der Waals surface area contributed by atoms with Gasteiger partial charge >= 0.3 is 0 Å². The first-order valence-corrected chi connectivity index (χ1v) is 26.0. The molecule has 0 saturated carbocycles. The number of para-hydroxylation sites is 1. The van der Waals surface area contributed by atoms with Crippen LogP contribution in [0, 0.1) is 13.8 Å². The maximum atomic E-state index is 2.54. The quantitative estimate of drug-likeness (QED) is 0.147. The van der Waals surface area contributed by atoms with Crippen LogP contribution in [-0.4, -0.2) is 4.57 Å². The number of nitrogens with zero attached hydrogens (tertiary/aromatic N) is 2. The van der Waals surface area contributed by atoms with Gasteiger partial charge in [0.25, 0.3) is 0 Å². The molecule has 14 rings (SSSR count). The van der Waals surface area contributed by atoms with Crippen molar-refractivity contribution in [3.05, 3.63) is 299 Å². The Morgan fingerprint density at radius 1 is 0.338 bits per heavy atom. The van der Waals surface area contributed by atoms with Gasteiger partial charge < -0.3 is 9.47 Å². The molecule has 11 aromatic carbocycles. The first-order valence-electron chi connectivity index (χ1n) is 26.0. The van der Waals surface area contributed by atoms with E-state index in [0.29, 0.717) is 0 Å². The lowest BCUT2D eigenvalue weighted by atomic mass is 9.67. The summed E-state index contributed by atoms with van der Waals surface area (Å²) in [5, 5.41) is 2.47. The number of rotatable bonds is 8. The third-order valence-corrected chi connectivity index (χ3v) is 16.4. The zero-order chi connectivity index (χ0) is 49.7. The van der Waals surface area contributed by atoms with Gasteiger partial charge in [0.15, 0.2) is 0 Å². The van der Waals surface area contributed by atoms with E-state index in [9.17, 15) is 0 Å². The van der Waals surface area contributed by atoms with Crippen LogP contribution >= 0.6 is 0 Å². The molecule has 2 heteroatoms. The Hall–Kier alpha value is -8.98. The van der Waals surface area contributed by atoms with Gasteiger partial charge in [-0.15, -0.1) is 0 Å². The van der Waals surface area contributed by atoms with E-state index in [4.69, 9.17) is 0 Å². The van der Waals surface area contributed by atoms with Crippen molar-refractivity contribution in [3.8, 4) is 50.2 Å². The summed E-state index contributed by atoms with van der Waals surface area (Å²) < 4.78 is 2.54. The predicted molar refractivity (Wildman–Crippen MR) is 311 cm³/mol. The van der Waals surface area contributed by atoms with Crippen molar-refractivity contribution in [2.75, 3.05) is 4.90 Å². The van der Waals surface area contributed by atoms with Crippen LogP contribution in [0.25, 0.3) is 72.0 Å². The molecule has 12 aromatic rings. The summed E-state index contributed by atoms with van der Waals surface area (Å²) in [6, 6.07) is 95.1. The van der Waals surface area contributed by atoms with Crippen LogP contribution in [-0.2, 0) is 10.8 Å². The number of fused-ring (bicyclic) bond motifs is 9. The lowest BCUT2D eigenvalue weighted by molar-refractivity contribution is 0.660. The Bertz CT molecular complexity index is 4100. The SMILES string of the molecule is Cc1ccc2c(c1)C(c1ccccc1)(c1ccccc1)c1cc(C)cc(-n3c4ccccc4c4cc(-c5ccc(N(c6ccc(-c7ccccc7)cc6)c6ccc7c(c6)C(C)(C)c6ccccc6-7)cc5)ccc43)c1-2. The molecule has 0 fully saturated rings. The minimum absolute atomic E-state index is 0.117. The molecular weight excluding hydrogens is 893 g/mol. The highest BCUT2D eigenvalue weighted by Gasteiger charge is 2.47. The highest BCUT2D eigenvalue weighted by Crippen LogP contribution is 2.59. The van der Waals surface area contributed by atoms with Gasteiger partial charge in [0.2, 0.25) is 0 Å². The summed E-state index contributed by atoms with van der Waals surface area (Å²) >= 11 is 0. The van der Waals surface area contributed by atoms with Crippen LogP contribution in [0.2, 0.25) is 0 Å². The normalized spacial score (nSPS) is 13.6. The molecule has 0 aliphatic heterocycles. The number of hydrogen-bond acceptors (Lipinski definition) is 1. The smallest absolute Gasteiger partial charge is 0.0714 e. The lowest BCUT2D eigenvalue weighted by Crippen LogP contribution is -2.28. The lowest BCUT2D eigenvalue weighted by Gasteiger charge is -2.34. The number of anilines is 3. The number of aromatic nitrogens is 1. The highest BCUT2D eigenvalue weighted by molar-refractivity contribution is 6.11. The summed E-state index contributed by atoms with van der Waals surface area (Å²) in [6.45, 7) is 9.21. The van der Waals surface area contributed by atoms with Crippen molar-refractivity contribution in [3.63, 3.8) is 0 Å². The van der Waals surface area contributed by atoms with Crippen LogP contribution in [0.1, 0.15) is 58.4 Å². The summed E-state index contributed by atoms with van der Waals surface area (Å²) in [5.41, 5.74) is 26.8. The summed E-state index contributed by atoms with van der Waals surface area (Å²) in [5.74, 6) is 0. The van der Waals surface area contributed by atoms with Crippen molar-refractivity contribution in [2.24, 2.45) is 0 Å². The number of benzene rings is 11. The van der Waals surface area contributed by atoms with Crippen LogP contribution in [0.15, 0.2) is 255 Å². The predicted octanol–water partition coefficient (Wildman–Crippen LogP) is 18.9. The van der Waals surface area contributed by atoms with E-state index >= 15 is 0 Å². The molecule has 0 spiro atoms. The molecule has 2 nitrogen and oxygen atoms in total. The molecule has 0 amide bonds. The Labute approximate surface area is 434 Å². The topological polar surface area (TPSA) is 8.17 Å². The molecule has 2 aliphatic carbocycles. The van der Waals surface area contributed by atoms with E-state index in [-0.39, 0.29) is 5.41 Å². The van der Waals surface area contributed by atoms with E-state index in [1.165, 1.54) is 117 Å². The molecule has 0 N–H and O–H groups in total. The van der Waals surface area contributed by atoms with Crippen LogP contribution < -0.4 is 4.90 Å². The second-order valence-corrected chi connectivity index (χ2v) is 21.0. The van der Waals surface area contributed by atoms with Crippen molar-refractivity contribution in [2.45, 2.75) is 38.5 Å². The largest absolute Gasteiger partial charge is 0.310 e. The minimum atomic E-state index is -0.498. The van der Waals surface area contributed by atoms with Crippen molar-refractivity contribution < 1.29 is 0 Å². The van der Waals surface area contributed by atoms with Crippen molar-refractivity contribution in [1.82, 2.24) is 4.57 Å². The average molecular weight is 947 g/mol. The fraction of sp³-hybridized carbons (Fsp3) is 0.0833. The van der Waals surface area contributed by atoms with Gasteiger partial charge in [-0.3, -0.25) is 0 Å². The van der Waals surface area contributed by atoms with Crippen molar-refractivity contribution >= 4 is 38.9 Å². The van der Waals surface area contributed by atoms with Gasteiger partial charge in [-0.25, -0.2) is 0 Å². The molecular formula is C72H54N2. The molecule has 0 bridgehead atoms. The molecule has 0 unspecified atom stereocenters. The number of aryl methyl sites for hydroxylation is 2. The summed E-state index contributed by atoms with van der Waals surface area (Å²) in [4.78, 5) is 2.42. The second kappa shape index (κ2) is 16.8. The average Bonchev–Trinajstić information content (AvgIpc) is 4.14. The maximum Gasteiger partial charge on any atom is 0.0714 e. The molecule has 0 atom stereocenters. The monoisotopic (exact) mass is 946 g/mol. The first-order chi connectivity index (χ1) is 36.3. The summed E-state index contributed by atoms with van der Waals surface area (Å²) in [7, 11) is 0. The Morgan fingerprint density at radius 2 is 0.865 bits per heavy atom. The third-order valence-electron chi connectivity index (χ3n) is 16.4. The Balaban J connectivity index is 0.902. The molecule has 1 aromatic heterocycles. The molecule has 0 radical (unpaired) electrons. The zero-order valence-corrected chi connectivity index (χ0v) is 42.1. The highest BCUT2D eigenvalue weighted by atomic mass is 15.1. The number of hydrogen-bond donors (Lipinski definition) is 0. The minimum Gasteiger partial charge on any atom is -0.310 e. The second-order valence-electron chi connectivity index (χ2n) is 21.0. The van der Waals surface area contributed by atoms with Gasteiger partial charge in [0.05, 0.1) is 22.1 Å². The van der Waals surface area contributed by atoms with Gasteiger partial charge in [0, 0.05) is 38.8 Å². The zero-order valence-electron chi connectivity index (χ0n) is 42.1. The molecule has 1 heterocycles. The molecule has 0 saturated heterocycles. The van der Waals surface area contributed by atoms with E-state index in [1.54, 1.807) is 0 Å². The van der Waals surface area contributed by atoms with Crippen molar-refractivity contribution in [1.29, 1.82) is 0 Å². The Kier molecular flexibility index (Phi) is 9.94. The van der Waals surface area contributed by atoms with Gasteiger partial charge in [-0.2, -0.15) is 0 Å². The fourth-order valence-corrected chi connectivity index (χ4v) is 12.9. The van der Waals surface area contributed by atoms with E-state index in [1.807, 2.05) is 0 Å². The van der Waals surface area contributed by atoms with Crippen LogP contribution in [0.3, 0.4) is 0 Å². The summed E-state index contributed by atoms with van der Waals surface area (Å²) in [6.07, 6.45) is 0. The standard InChI is InChI=1S/C72H54N2/c1-47-28-39-61-65(42-47)72(53-20-10-6-11-21-53,54-22-12-7-13-23-54)66-43-48(2)44-69(70(61)66)74-67-27-17-15-25-60(67)62-45-52(33-41-68(62)74)51-31-36-56(37-32-51)73(55-34-29-50(30-35-55)49-18-8-5-9-19-49)57-38-40-59-58-24-14-16-26-63(58)71(3,4)64(59)46-57/h5-46H,1-4H3. The van der Waals surface area contributed by atoms with Crippen LogP contribution in [0.4, 0.5) is 17.1 Å². The first kappa shape index (κ1) is 43.8. The molecule has 2 aliphatic rings. The van der Waals surface area contributed by atoms with E-state index in [0.717, 1.165) is 17.1 Å². The Morgan fingerprint density at radius 3 is 1.57 bits per heavy atom. The molecule has 74 heavy (non-hydrogen) atoms. The fourth-order valence-electron chi connectivity index (χ4n) is 12.9. The maximum absolute atomic E-state index is 2.54. The van der Waals surface area contributed by atoms with Gasteiger partial charge in [-0.1, -0.05) is 214 Å². The molecule has 352 valence electrons.